The number of fused-ring (bicyclic) bond motifs is 1. The quantitative estimate of drug-likeness (QED) is 0.732. The fraction of sp³-hybridized carbons (Fsp3) is 0.533. The number of hydrogen-bond donors (Lipinski definition) is 3. The van der Waals surface area contributed by atoms with Crippen molar-refractivity contribution in [1.29, 1.82) is 0 Å². The number of aryl methyl sites for hydroxylation is 2. The standard InChI is InChI=1S/C15H19N3O5/c1-7-5-9(12-8(2)18-23-15(12)16-7)14(21)17-10-3-4-22-11(6-19)13(10)20/h5,10-11,13,19-20H,3-4,6H2,1-2H3,(H,17,21)/t10-,11+,13-/m0/s1. The van der Waals surface area contributed by atoms with Gasteiger partial charge in [-0.2, -0.15) is 0 Å². The first-order valence-corrected chi connectivity index (χ1v) is 7.46. The van der Waals surface area contributed by atoms with Gasteiger partial charge in [0.15, 0.2) is 0 Å². The number of aromatic nitrogens is 2. The highest BCUT2D eigenvalue weighted by Gasteiger charge is 2.33. The zero-order valence-electron chi connectivity index (χ0n) is 12.9. The van der Waals surface area contributed by atoms with Crippen LogP contribution in [0.4, 0.5) is 0 Å². The fourth-order valence-electron chi connectivity index (χ4n) is 2.84. The lowest BCUT2D eigenvalue weighted by molar-refractivity contribution is -0.107. The van der Waals surface area contributed by atoms with Gasteiger partial charge in [-0.05, 0) is 26.3 Å². The van der Waals surface area contributed by atoms with Crippen molar-refractivity contribution >= 4 is 17.0 Å². The Balaban J connectivity index is 1.87. The van der Waals surface area contributed by atoms with Gasteiger partial charge in [-0.3, -0.25) is 4.79 Å². The minimum Gasteiger partial charge on any atom is -0.394 e. The number of hydrogen-bond acceptors (Lipinski definition) is 7. The topological polar surface area (TPSA) is 118 Å². The normalized spacial score (nSPS) is 24.8. The molecule has 1 aliphatic heterocycles. The van der Waals surface area contributed by atoms with Crippen LogP contribution < -0.4 is 5.32 Å². The van der Waals surface area contributed by atoms with Crippen molar-refractivity contribution < 1.29 is 24.3 Å². The van der Waals surface area contributed by atoms with E-state index in [0.717, 1.165) is 0 Å². The molecule has 0 aliphatic carbocycles. The summed E-state index contributed by atoms with van der Waals surface area (Å²) in [6, 6.07) is 1.17. The van der Waals surface area contributed by atoms with Crippen LogP contribution in [-0.4, -0.2) is 57.7 Å². The monoisotopic (exact) mass is 321 g/mol. The summed E-state index contributed by atoms with van der Waals surface area (Å²) < 4.78 is 10.4. The van der Waals surface area contributed by atoms with Crippen LogP contribution in [0.1, 0.15) is 28.2 Å². The van der Waals surface area contributed by atoms with Crippen LogP contribution in [0.3, 0.4) is 0 Å². The molecule has 8 heteroatoms. The molecule has 0 spiro atoms. The smallest absolute Gasteiger partial charge is 0.258 e. The number of aliphatic hydroxyl groups excluding tert-OH is 2. The Morgan fingerprint density at radius 3 is 3.00 bits per heavy atom. The first kappa shape index (κ1) is 15.9. The highest BCUT2D eigenvalue weighted by molar-refractivity contribution is 6.06. The van der Waals surface area contributed by atoms with Crippen LogP contribution in [-0.2, 0) is 4.74 Å². The molecule has 124 valence electrons. The molecule has 3 rings (SSSR count). The molecule has 1 amide bonds. The van der Waals surface area contributed by atoms with Gasteiger partial charge in [0.2, 0.25) is 0 Å². The summed E-state index contributed by atoms with van der Waals surface area (Å²) in [6.07, 6.45) is -1.18. The molecule has 1 fully saturated rings. The number of rotatable bonds is 3. The number of nitrogens with one attached hydrogen (secondary N) is 1. The molecule has 0 unspecified atom stereocenters. The molecule has 3 atom stereocenters. The van der Waals surface area contributed by atoms with Crippen LogP contribution in [0.5, 0.6) is 0 Å². The Hall–Kier alpha value is -2.03. The summed E-state index contributed by atoms with van der Waals surface area (Å²) in [5, 5.41) is 26.6. The van der Waals surface area contributed by atoms with Crippen molar-refractivity contribution in [1.82, 2.24) is 15.5 Å². The van der Waals surface area contributed by atoms with E-state index in [1.54, 1.807) is 19.9 Å². The lowest BCUT2D eigenvalue weighted by Crippen LogP contribution is -2.54. The van der Waals surface area contributed by atoms with Gasteiger partial charge < -0.3 is 24.8 Å². The second kappa shape index (κ2) is 6.23. The second-order valence-corrected chi connectivity index (χ2v) is 5.71. The Kier molecular flexibility index (Phi) is 4.29. The van der Waals surface area contributed by atoms with E-state index in [-0.39, 0.29) is 12.5 Å². The summed E-state index contributed by atoms with van der Waals surface area (Å²) in [5.74, 6) is -0.338. The number of carbonyl (C=O) groups is 1. The summed E-state index contributed by atoms with van der Waals surface area (Å²) >= 11 is 0. The van der Waals surface area contributed by atoms with E-state index in [0.29, 0.717) is 41.1 Å². The molecule has 0 bridgehead atoms. The Labute approximate surface area is 132 Å². The van der Waals surface area contributed by atoms with Crippen molar-refractivity contribution in [3.8, 4) is 0 Å². The highest BCUT2D eigenvalue weighted by Crippen LogP contribution is 2.23. The molecule has 2 aromatic rings. The number of nitrogens with zero attached hydrogens (tertiary/aromatic N) is 2. The molecular weight excluding hydrogens is 302 g/mol. The maximum atomic E-state index is 12.6. The third kappa shape index (κ3) is 2.92. The van der Waals surface area contributed by atoms with E-state index < -0.39 is 18.2 Å². The van der Waals surface area contributed by atoms with E-state index in [1.165, 1.54) is 0 Å². The molecule has 0 radical (unpaired) electrons. The summed E-state index contributed by atoms with van der Waals surface area (Å²) in [7, 11) is 0. The van der Waals surface area contributed by atoms with Gasteiger partial charge in [0.05, 0.1) is 29.3 Å². The maximum Gasteiger partial charge on any atom is 0.258 e. The van der Waals surface area contributed by atoms with Crippen LogP contribution in [0.25, 0.3) is 11.1 Å². The Morgan fingerprint density at radius 2 is 2.26 bits per heavy atom. The average Bonchev–Trinajstić information content (AvgIpc) is 2.89. The van der Waals surface area contributed by atoms with Crippen molar-refractivity contribution in [3.63, 3.8) is 0 Å². The second-order valence-electron chi connectivity index (χ2n) is 5.71. The first-order valence-electron chi connectivity index (χ1n) is 7.46. The van der Waals surface area contributed by atoms with Gasteiger partial charge in [-0.1, -0.05) is 5.16 Å². The summed E-state index contributed by atoms with van der Waals surface area (Å²) in [5.41, 5.74) is 1.94. The minimum atomic E-state index is -0.959. The van der Waals surface area contributed by atoms with Crippen molar-refractivity contribution in [3.05, 3.63) is 23.0 Å². The van der Waals surface area contributed by atoms with Gasteiger partial charge in [0.25, 0.3) is 11.6 Å². The number of pyridine rings is 1. The van der Waals surface area contributed by atoms with Crippen molar-refractivity contribution in [2.45, 2.75) is 38.5 Å². The molecule has 3 heterocycles. The van der Waals surface area contributed by atoms with Crippen molar-refractivity contribution in [2.75, 3.05) is 13.2 Å². The molecule has 3 N–H and O–H groups in total. The fourth-order valence-corrected chi connectivity index (χ4v) is 2.84. The van der Waals surface area contributed by atoms with Crippen LogP contribution in [0.15, 0.2) is 10.6 Å². The van der Waals surface area contributed by atoms with E-state index in [1.807, 2.05) is 0 Å². The molecule has 0 saturated carbocycles. The Morgan fingerprint density at radius 1 is 1.48 bits per heavy atom. The predicted octanol–water partition coefficient (Wildman–Crippen LogP) is 0.0801. The molecule has 1 aliphatic rings. The van der Waals surface area contributed by atoms with Crippen LogP contribution in [0, 0.1) is 13.8 Å². The zero-order chi connectivity index (χ0) is 16.6. The maximum absolute atomic E-state index is 12.6. The third-order valence-electron chi connectivity index (χ3n) is 4.04. The Bertz CT molecular complexity index is 729. The van der Waals surface area contributed by atoms with Gasteiger partial charge >= 0.3 is 0 Å². The van der Waals surface area contributed by atoms with E-state index >= 15 is 0 Å². The SMILES string of the molecule is Cc1cc(C(=O)N[C@H]2CCO[C@H](CO)[C@H]2O)c2c(C)noc2n1. The van der Waals surface area contributed by atoms with Gasteiger partial charge in [-0.25, -0.2) is 4.98 Å². The van der Waals surface area contributed by atoms with Gasteiger partial charge in [-0.15, -0.1) is 0 Å². The molecule has 2 aromatic heterocycles. The molecule has 23 heavy (non-hydrogen) atoms. The zero-order valence-corrected chi connectivity index (χ0v) is 12.9. The lowest BCUT2D eigenvalue weighted by Gasteiger charge is -2.34. The summed E-state index contributed by atoms with van der Waals surface area (Å²) in [4.78, 5) is 16.9. The molecule has 8 nitrogen and oxygen atoms in total. The third-order valence-corrected chi connectivity index (χ3v) is 4.04. The number of ether oxygens (including phenoxy) is 1. The largest absolute Gasteiger partial charge is 0.394 e. The average molecular weight is 321 g/mol. The highest BCUT2D eigenvalue weighted by atomic mass is 16.5. The predicted molar refractivity (Wildman–Crippen MR) is 80.0 cm³/mol. The molecule has 0 aromatic carbocycles. The number of carbonyl (C=O) groups excluding carboxylic acids is 1. The first-order chi connectivity index (χ1) is 11.0. The summed E-state index contributed by atoms with van der Waals surface area (Å²) in [6.45, 7) is 3.57. The van der Waals surface area contributed by atoms with Gasteiger partial charge in [0, 0.05) is 12.3 Å². The minimum absolute atomic E-state index is 0.295. The molecule has 1 saturated heterocycles. The van der Waals surface area contributed by atoms with Crippen LogP contribution >= 0.6 is 0 Å². The molecular formula is C15H19N3O5. The lowest BCUT2D eigenvalue weighted by atomic mass is 9.99. The number of aliphatic hydroxyl groups is 2. The van der Waals surface area contributed by atoms with Crippen molar-refractivity contribution in [2.24, 2.45) is 0 Å². The van der Waals surface area contributed by atoms with E-state index in [2.05, 4.69) is 15.5 Å². The van der Waals surface area contributed by atoms with E-state index in [9.17, 15) is 15.0 Å². The van der Waals surface area contributed by atoms with E-state index in [4.69, 9.17) is 9.26 Å². The van der Waals surface area contributed by atoms with Crippen LogP contribution in [0.2, 0.25) is 0 Å². The van der Waals surface area contributed by atoms with Gasteiger partial charge in [0.1, 0.15) is 12.2 Å². The number of amides is 1.